The van der Waals surface area contributed by atoms with Crippen molar-refractivity contribution in [3.63, 3.8) is 0 Å². The predicted octanol–water partition coefficient (Wildman–Crippen LogP) is 2.74. The molecule has 1 fully saturated rings. The van der Waals surface area contributed by atoms with E-state index in [1.54, 1.807) is 0 Å². The van der Waals surface area contributed by atoms with Crippen molar-refractivity contribution in [2.24, 2.45) is 0 Å². The van der Waals surface area contributed by atoms with E-state index in [0.29, 0.717) is 12.1 Å². The molecule has 1 heterocycles. The van der Waals surface area contributed by atoms with Crippen LogP contribution in [0.4, 0.5) is 0 Å². The molecule has 1 N–H and O–H groups in total. The zero-order valence-electron chi connectivity index (χ0n) is 11.5. The molecule has 1 aliphatic rings. The van der Waals surface area contributed by atoms with Gasteiger partial charge in [-0.25, -0.2) is 0 Å². The van der Waals surface area contributed by atoms with Crippen LogP contribution in [0.5, 0.6) is 0 Å². The number of nitrogens with one attached hydrogen (secondary N) is 1. The molecule has 2 unspecified atom stereocenters. The maximum atomic E-state index is 5.65. The van der Waals surface area contributed by atoms with E-state index < -0.39 is 0 Å². The van der Waals surface area contributed by atoms with Gasteiger partial charge in [0.2, 0.25) is 0 Å². The van der Waals surface area contributed by atoms with Crippen molar-refractivity contribution in [3.8, 4) is 0 Å². The average Bonchev–Trinajstić information content (AvgIpc) is 2.85. The van der Waals surface area contributed by atoms with E-state index in [4.69, 9.17) is 9.47 Å². The zero-order valence-corrected chi connectivity index (χ0v) is 11.5. The largest absolute Gasteiger partial charge is 0.380 e. The Kier molecular flexibility index (Phi) is 8.67. The molecule has 1 aliphatic heterocycles. The first-order valence-electron chi connectivity index (χ1n) is 7.29. The van der Waals surface area contributed by atoms with E-state index in [-0.39, 0.29) is 0 Å². The van der Waals surface area contributed by atoms with Crippen LogP contribution >= 0.6 is 0 Å². The van der Waals surface area contributed by atoms with Crippen LogP contribution in [0.15, 0.2) is 0 Å². The fraction of sp³-hybridized carbons (Fsp3) is 1.00. The van der Waals surface area contributed by atoms with Crippen LogP contribution in [0.1, 0.15) is 52.4 Å². The van der Waals surface area contributed by atoms with E-state index >= 15 is 0 Å². The Morgan fingerprint density at radius 2 is 2.29 bits per heavy atom. The lowest BCUT2D eigenvalue weighted by Crippen LogP contribution is -2.34. The summed E-state index contributed by atoms with van der Waals surface area (Å²) in [5.41, 5.74) is 0. The monoisotopic (exact) mass is 243 g/mol. The van der Waals surface area contributed by atoms with E-state index in [2.05, 4.69) is 19.2 Å². The summed E-state index contributed by atoms with van der Waals surface area (Å²) in [6.45, 7) is 8.00. The Bertz CT molecular complexity index is 162. The highest BCUT2D eigenvalue weighted by atomic mass is 16.5. The molecule has 0 radical (unpaired) electrons. The number of hydrogen-bond donors (Lipinski definition) is 1. The van der Waals surface area contributed by atoms with Gasteiger partial charge in [-0.1, -0.05) is 6.92 Å². The summed E-state index contributed by atoms with van der Waals surface area (Å²) in [6.07, 6.45) is 7.91. The maximum Gasteiger partial charge on any atom is 0.0619 e. The molecule has 0 bridgehead atoms. The number of hydrogen-bond acceptors (Lipinski definition) is 3. The third kappa shape index (κ3) is 7.02. The van der Waals surface area contributed by atoms with Crippen LogP contribution in [0.2, 0.25) is 0 Å². The summed E-state index contributed by atoms with van der Waals surface area (Å²) in [5.74, 6) is 0. The van der Waals surface area contributed by atoms with Crippen LogP contribution < -0.4 is 5.32 Å². The van der Waals surface area contributed by atoms with E-state index in [1.807, 2.05) is 0 Å². The summed E-state index contributed by atoms with van der Waals surface area (Å²) in [6, 6.07) is 0.524. The summed E-state index contributed by atoms with van der Waals surface area (Å²) in [5, 5.41) is 3.56. The minimum Gasteiger partial charge on any atom is -0.380 e. The molecule has 1 saturated heterocycles. The Hall–Kier alpha value is -0.120. The second-order valence-corrected chi connectivity index (χ2v) is 4.88. The van der Waals surface area contributed by atoms with Crippen LogP contribution in [0.3, 0.4) is 0 Å². The Balaban J connectivity index is 2.08. The highest BCUT2D eigenvalue weighted by Gasteiger charge is 2.16. The zero-order chi connectivity index (χ0) is 12.3. The molecule has 1 rings (SSSR count). The van der Waals surface area contributed by atoms with Gasteiger partial charge < -0.3 is 14.8 Å². The Morgan fingerprint density at radius 3 is 2.94 bits per heavy atom. The Labute approximate surface area is 106 Å². The molecule has 2 atom stereocenters. The third-order valence-corrected chi connectivity index (χ3v) is 3.31. The van der Waals surface area contributed by atoms with Gasteiger partial charge in [0, 0.05) is 19.3 Å². The van der Waals surface area contributed by atoms with Gasteiger partial charge in [-0.15, -0.1) is 0 Å². The lowest BCUT2D eigenvalue weighted by atomic mass is 10.1. The van der Waals surface area contributed by atoms with Gasteiger partial charge in [-0.2, -0.15) is 0 Å². The molecule has 0 aromatic heterocycles. The molecule has 0 saturated carbocycles. The minimum absolute atomic E-state index is 0.524. The predicted molar refractivity (Wildman–Crippen MR) is 71.4 cm³/mol. The van der Waals surface area contributed by atoms with Gasteiger partial charge in [-0.3, -0.25) is 0 Å². The smallest absolute Gasteiger partial charge is 0.0619 e. The van der Waals surface area contributed by atoms with Crippen molar-refractivity contribution in [2.45, 2.75) is 64.5 Å². The van der Waals surface area contributed by atoms with Crippen molar-refractivity contribution in [3.05, 3.63) is 0 Å². The molecule has 102 valence electrons. The molecule has 0 aromatic carbocycles. The highest BCUT2D eigenvalue weighted by Crippen LogP contribution is 2.18. The van der Waals surface area contributed by atoms with Gasteiger partial charge in [0.15, 0.2) is 0 Å². The van der Waals surface area contributed by atoms with Gasteiger partial charge in [0.05, 0.1) is 12.7 Å². The van der Waals surface area contributed by atoms with Gasteiger partial charge in [0.25, 0.3) is 0 Å². The van der Waals surface area contributed by atoms with Crippen LogP contribution in [-0.4, -0.2) is 38.5 Å². The molecule has 3 heteroatoms. The third-order valence-electron chi connectivity index (χ3n) is 3.31. The number of ether oxygens (including phenoxy) is 2. The topological polar surface area (TPSA) is 30.5 Å². The minimum atomic E-state index is 0.524. The summed E-state index contributed by atoms with van der Waals surface area (Å²) in [7, 11) is 0. The first kappa shape index (κ1) is 14.9. The average molecular weight is 243 g/mol. The maximum absolute atomic E-state index is 5.65. The molecule has 0 aliphatic carbocycles. The van der Waals surface area contributed by atoms with Gasteiger partial charge in [-0.05, 0) is 52.0 Å². The lowest BCUT2D eigenvalue weighted by molar-refractivity contribution is 0.0949. The van der Waals surface area contributed by atoms with Crippen LogP contribution in [0.25, 0.3) is 0 Å². The molecule has 17 heavy (non-hydrogen) atoms. The van der Waals surface area contributed by atoms with Crippen LogP contribution in [0, 0.1) is 0 Å². The quantitative estimate of drug-likeness (QED) is 0.640. The lowest BCUT2D eigenvalue weighted by Gasteiger charge is -2.19. The summed E-state index contributed by atoms with van der Waals surface area (Å²) in [4.78, 5) is 0. The van der Waals surface area contributed by atoms with E-state index in [0.717, 1.165) is 26.4 Å². The van der Waals surface area contributed by atoms with Crippen molar-refractivity contribution in [2.75, 3.05) is 26.4 Å². The molecule has 0 aromatic rings. The summed E-state index contributed by atoms with van der Waals surface area (Å²) < 4.78 is 11.2. The SMILES string of the molecule is CCCNC(CCCC1CCCO1)COCC. The van der Waals surface area contributed by atoms with Crippen LogP contribution in [-0.2, 0) is 9.47 Å². The first-order valence-corrected chi connectivity index (χ1v) is 7.29. The number of rotatable bonds is 10. The molecule has 3 nitrogen and oxygen atoms in total. The van der Waals surface area contributed by atoms with Crippen molar-refractivity contribution in [1.29, 1.82) is 0 Å². The van der Waals surface area contributed by atoms with Gasteiger partial charge in [0.1, 0.15) is 0 Å². The standard InChI is InChI=1S/C14H29NO2/c1-3-10-15-13(12-16-4-2)7-5-8-14-9-6-11-17-14/h13-15H,3-12H2,1-2H3. The molecular weight excluding hydrogens is 214 g/mol. The Morgan fingerprint density at radius 1 is 1.41 bits per heavy atom. The second kappa shape index (κ2) is 9.86. The fourth-order valence-corrected chi connectivity index (χ4v) is 2.32. The van der Waals surface area contributed by atoms with E-state index in [1.165, 1.54) is 38.5 Å². The van der Waals surface area contributed by atoms with Gasteiger partial charge >= 0.3 is 0 Å². The normalized spacial score (nSPS) is 21.9. The second-order valence-electron chi connectivity index (χ2n) is 4.88. The first-order chi connectivity index (χ1) is 8.36. The van der Waals surface area contributed by atoms with E-state index in [9.17, 15) is 0 Å². The summed E-state index contributed by atoms with van der Waals surface area (Å²) >= 11 is 0. The van der Waals surface area contributed by atoms with Crippen molar-refractivity contribution in [1.82, 2.24) is 5.32 Å². The molecule has 0 amide bonds. The highest BCUT2D eigenvalue weighted by molar-refractivity contribution is 4.70. The molecular formula is C14H29NO2. The molecule has 0 spiro atoms. The fourth-order valence-electron chi connectivity index (χ4n) is 2.32. The van der Waals surface area contributed by atoms with Crippen molar-refractivity contribution < 1.29 is 9.47 Å². The van der Waals surface area contributed by atoms with Crippen molar-refractivity contribution >= 4 is 0 Å².